The van der Waals surface area contributed by atoms with Gasteiger partial charge < -0.3 is 10.6 Å². The average Bonchev–Trinajstić information content (AvgIpc) is 2.62. The van der Waals surface area contributed by atoms with E-state index in [-0.39, 0.29) is 0 Å². The highest BCUT2D eigenvalue weighted by molar-refractivity contribution is 6.04. The van der Waals surface area contributed by atoms with Crippen molar-refractivity contribution in [3.8, 4) is 0 Å². The van der Waals surface area contributed by atoms with Crippen molar-refractivity contribution in [2.45, 2.75) is 0 Å². The zero-order valence-corrected chi connectivity index (χ0v) is 12.9. The summed E-state index contributed by atoms with van der Waals surface area (Å²) in [6, 6.07) is 17.8. The highest BCUT2D eigenvalue weighted by Gasteiger charge is 2.18. The minimum Gasteiger partial charge on any atom is -0.356 e. The molecular formula is C19H13F3N2O. The van der Waals surface area contributed by atoms with E-state index < -0.39 is 28.9 Å². The molecule has 126 valence electrons. The number of benzene rings is 3. The highest BCUT2D eigenvalue weighted by atomic mass is 19.2. The maximum Gasteiger partial charge on any atom is 0.258 e. The van der Waals surface area contributed by atoms with Crippen LogP contribution < -0.4 is 10.6 Å². The fourth-order valence-electron chi connectivity index (χ4n) is 2.22. The summed E-state index contributed by atoms with van der Waals surface area (Å²) in [5, 5.41) is 5.62. The molecule has 0 saturated carbocycles. The number of carbonyl (C=O) groups is 1. The third kappa shape index (κ3) is 3.80. The van der Waals surface area contributed by atoms with Gasteiger partial charge in [0, 0.05) is 17.1 Å². The van der Waals surface area contributed by atoms with E-state index in [9.17, 15) is 18.0 Å². The largest absolute Gasteiger partial charge is 0.356 e. The topological polar surface area (TPSA) is 41.1 Å². The van der Waals surface area contributed by atoms with Crippen molar-refractivity contribution in [3.63, 3.8) is 0 Å². The minimum absolute atomic E-state index is 0.396. The third-order valence-electron chi connectivity index (χ3n) is 3.49. The van der Waals surface area contributed by atoms with Crippen LogP contribution in [0.3, 0.4) is 0 Å². The highest BCUT2D eigenvalue weighted by Crippen LogP contribution is 2.20. The Morgan fingerprint density at radius 2 is 1.28 bits per heavy atom. The molecule has 0 radical (unpaired) electrons. The van der Waals surface area contributed by atoms with E-state index in [0.29, 0.717) is 11.8 Å². The molecule has 1 amide bonds. The minimum atomic E-state index is -1.67. The number of rotatable bonds is 4. The molecule has 0 unspecified atom stereocenters. The molecule has 0 aliphatic carbocycles. The van der Waals surface area contributed by atoms with Crippen molar-refractivity contribution < 1.29 is 18.0 Å². The van der Waals surface area contributed by atoms with Crippen LogP contribution in [-0.2, 0) is 0 Å². The van der Waals surface area contributed by atoms with Crippen molar-refractivity contribution in [1.29, 1.82) is 0 Å². The predicted octanol–water partition coefficient (Wildman–Crippen LogP) is 5.10. The summed E-state index contributed by atoms with van der Waals surface area (Å²) < 4.78 is 39.8. The number of para-hydroxylation sites is 1. The lowest BCUT2D eigenvalue weighted by Gasteiger charge is -2.09. The molecule has 3 aromatic carbocycles. The Labute approximate surface area is 142 Å². The summed E-state index contributed by atoms with van der Waals surface area (Å²) >= 11 is 0. The fourth-order valence-corrected chi connectivity index (χ4v) is 2.22. The van der Waals surface area contributed by atoms with Gasteiger partial charge in [-0.1, -0.05) is 18.2 Å². The van der Waals surface area contributed by atoms with E-state index in [4.69, 9.17) is 0 Å². The van der Waals surface area contributed by atoms with E-state index in [1.165, 1.54) is 0 Å². The Bertz CT molecular complexity index is 897. The predicted molar refractivity (Wildman–Crippen MR) is 90.4 cm³/mol. The monoisotopic (exact) mass is 342 g/mol. The average molecular weight is 342 g/mol. The van der Waals surface area contributed by atoms with Crippen LogP contribution in [0, 0.1) is 17.5 Å². The summed E-state index contributed by atoms with van der Waals surface area (Å²) in [4.78, 5) is 12.0. The van der Waals surface area contributed by atoms with Gasteiger partial charge in [-0.05, 0) is 48.5 Å². The van der Waals surface area contributed by atoms with Crippen LogP contribution in [0.1, 0.15) is 10.4 Å². The molecule has 0 aliphatic heterocycles. The number of amides is 1. The van der Waals surface area contributed by atoms with Gasteiger partial charge in [-0.25, -0.2) is 13.2 Å². The van der Waals surface area contributed by atoms with Crippen molar-refractivity contribution in [2.75, 3.05) is 10.6 Å². The maximum absolute atomic E-state index is 13.6. The van der Waals surface area contributed by atoms with Crippen molar-refractivity contribution >= 4 is 23.0 Å². The van der Waals surface area contributed by atoms with Crippen LogP contribution in [0.25, 0.3) is 0 Å². The first-order chi connectivity index (χ1) is 12.0. The summed E-state index contributed by atoms with van der Waals surface area (Å²) in [6.07, 6.45) is 0. The first kappa shape index (κ1) is 16.6. The number of nitrogens with one attached hydrogen (secondary N) is 2. The lowest BCUT2D eigenvalue weighted by Crippen LogP contribution is -2.15. The van der Waals surface area contributed by atoms with Gasteiger partial charge in [0.15, 0.2) is 17.5 Å². The smallest absolute Gasteiger partial charge is 0.258 e. The van der Waals surface area contributed by atoms with Crippen LogP contribution in [0.5, 0.6) is 0 Å². The van der Waals surface area contributed by atoms with Crippen LogP contribution in [0.2, 0.25) is 0 Å². The molecule has 0 spiro atoms. The molecule has 0 fully saturated rings. The molecule has 3 rings (SSSR count). The Hall–Kier alpha value is -3.28. The van der Waals surface area contributed by atoms with E-state index in [1.807, 2.05) is 30.3 Å². The maximum atomic E-state index is 13.6. The van der Waals surface area contributed by atoms with Gasteiger partial charge in [0.2, 0.25) is 0 Å². The summed E-state index contributed by atoms with van der Waals surface area (Å²) in [7, 11) is 0. The van der Waals surface area contributed by atoms with Crippen LogP contribution in [-0.4, -0.2) is 5.91 Å². The SMILES string of the molecule is O=C(Nc1ccc(Nc2ccccc2)cc1)c1ccc(F)c(F)c1F. The Balaban J connectivity index is 1.71. The summed E-state index contributed by atoms with van der Waals surface area (Å²) in [6.45, 7) is 0. The molecule has 0 saturated heterocycles. The number of hydrogen-bond acceptors (Lipinski definition) is 2. The van der Waals surface area contributed by atoms with Crippen LogP contribution in [0.4, 0.5) is 30.2 Å². The molecule has 0 heterocycles. The molecule has 2 N–H and O–H groups in total. The zero-order valence-electron chi connectivity index (χ0n) is 12.9. The Kier molecular flexibility index (Phi) is 4.70. The molecule has 25 heavy (non-hydrogen) atoms. The normalized spacial score (nSPS) is 10.4. The lowest BCUT2D eigenvalue weighted by atomic mass is 10.1. The lowest BCUT2D eigenvalue weighted by molar-refractivity contribution is 0.102. The molecule has 3 nitrogen and oxygen atoms in total. The number of halogens is 3. The second-order valence-electron chi connectivity index (χ2n) is 5.25. The van der Waals surface area contributed by atoms with E-state index in [1.54, 1.807) is 24.3 Å². The second kappa shape index (κ2) is 7.09. The van der Waals surface area contributed by atoms with Gasteiger partial charge in [0.05, 0.1) is 5.56 Å². The molecule has 3 aromatic rings. The fraction of sp³-hybridized carbons (Fsp3) is 0. The first-order valence-electron chi connectivity index (χ1n) is 7.41. The standard InChI is InChI=1S/C19H13F3N2O/c20-16-11-10-15(17(21)18(16)22)19(25)24-14-8-6-13(7-9-14)23-12-4-2-1-3-5-12/h1-11,23H,(H,24,25). The molecule has 0 aromatic heterocycles. The number of hydrogen-bond donors (Lipinski definition) is 2. The van der Waals surface area contributed by atoms with E-state index >= 15 is 0 Å². The second-order valence-corrected chi connectivity index (χ2v) is 5.25. The van der Waals surface area contributed by atoms with Gasteiger partial charge in [-0.15, -0.1) is 0 Å². The van der Waals surface area contributed by atoms with Gasteiger partial charge in [0.1, 0.15) is 0 Å². The zero-order chi connectivity index (χ0) is 17.8. The molecule has 0 bridgehead atoms. The summed E-state index contributed by atoms with van der Waals surface area (Å²) in [5.41, 5.74) is 1.53. The van der Waals surface area contributed by atoms with Crippen molar-refractivity contribution in [3.05, 3.63) is 89.7 Å². The molecular weight excluding hydrogens is 329 g/mol. The molecule has 0 aliphatic rings. The van der Waals surface area contributed by atoms with Gasteiger partial charge in [-0.3, -0.25) is 4.79 Å². The van der Waals surface area contributed by atoms with Crippen molar-refractivity contribution in [1.82, 2.24) is 0 Å². The van der Waals surface area contributed by atoms with Crippen molar-refractivity contribution in [2.24, 2.45) is 0 Å². The molecule has 6 heteroatoms. The van der Waals surface area contributed by atoms with E-state index in [2.05, 4.69) is 10.6 Å². The third-order valence-corrected chi connectivity index (χ3v) is 3.49. The van der Waals surface area contributed by atoms with Gasteiger partial charge in [-0.2, -0.15) is 0 Å². The van der Waals surface area contributed by atoms with Crippen LogP contribution in [0.15, 0.2) is 66.7 Å². The number of anilines is 3. The first-order valence-corrected chi connectivity index (χ1v) is 7.41. The van der Waals surface area contributed by atoms with Gasteiger partial charge >= 0.3 is 0 Å². The van der Waals surface area contributed by atoms with Gasteiger partial charge in [0.25, 0.3) is 5.91 Å². The summed E-state index contributed by atoms with van der Waals surface area (Å²) in [5.74, 6) is -5.39. The Morgan fingerprint density at radius 3 is 1.96 bits per heavy atom. The van der Waals surface area contributed by atoms with Crippen LogP contribution >= 0.6 is 0 Å². The molecule has 0 atom stereocenters. The number of carbonyl (C=O) groups excluding carboxylic acids is 1. The Morgan fingerprint density at radius 1 is 0.680 bits per heavy atom. The quantitative estimate of drug-likeness (QED) is 0.648. The van der Waals surface area contributed by atoms with E-state index in [0.717, 1.165) is 17.4 Å².